The molecule has 0 aromatic heterocycles. The van der Waals surface area contributed by atoms with E-state index in [1.54, 1.807) is 6.92 Å². The van der Waals surface area contributed by atoms with Crippen LogP contribution in [0.3, 0.4) is 0 Å². The van der Waals surface area contributed by atoms with Crippen molar-refractivity contribution in [3.05, 3.63) is 0 Å². The maximum absolute atomic E-state index is 12.6. The highest BCUT2D eigenvalue weighted by atomic mass is 32.2. The number of carbonyl (C=O) groups is 4. The van der Waals surface area contributed by atoms with Gasteiger partial charge in [-0.25, -0.2) is 4.79 Å². The van der Waals surface area contributed by atoms with Crippen molar-refractivity contribution in [3.8, 4) is 0 Å². The van der Waals surface area contributed by atoms with Gasteiger partial charge >= 0.3 is 12.0 Å². The third-order valence-corrected chi connectivity index (χ3v) is 17.8. The summed E-state index contributed by atoms with van der Waals surface area (Å²) in [7, 11) is 0.848. The molecule has 6 fully saturated rings. The molecule has 6 rings (SSSR count). The standard InChI is InChI=1S/C26H45N3O18S.C21H37NO15.C7H17N.C3H11NOSi/c1-9(33)28-14-17(38)21(12(7-32)43-23(14)29-26(42)27-3-2-4-48-8-13(34)35)46-25-20(41)22(16(37)11(6-31)45-25)47-24-19(40)18(39)15(36)10(5-30)44-24;1-6-11(22-7(2)26)14(29)18(10(5-25)33-6)36-21-17(32)19(13(28)9(4-24)35-21)37-20-16(31)15(30)12(27)8(3-23)34-20;1-2-3-4-5-6-7-8;4-2-1-3-5-6/h10-12,14-25,30-32,36-41H,2-8H2,1H3,(H,28,33)(H,34,35)(H2,27,29,42);6,8-21,23-25,27-32H,3-5H2,1-2H3,(H,22,26);2-8H2,1H3;1-4H2,6H3. The van der Waals surface area contributed by atoms with Crippen molar-refractivity contribution in [1.82, 2.24) is 21.3 Å². The molecule has 0 radical (unpaired) electrons. The molecule has 4 amide bonds. The molecule has 42 heteroatoms. The van der Waals surface area contributed by atoms with E-state index < -0.39 is 247 Å². The lowest BCUT2D eigenvalue weighted by atomic mass is 9.92. The van der Waals surface area contributed by atoms with Gasteiger partial charge < -0.3 is 182 Å². The highest BCUT2D eigenvalue weighted by Crippen LogP contribution is 2.35. The summed E-state index contributed by atoms with van der Waals surface area (Å²) in [4.78, 5) is 46.8. The van der Waals surface area contributed by atoms with Crippen LogP contribution in [0.2, 0.25) is 0 Å². The molecular formula is C57H110N6O34SSi. The van der Waals surface area contributed by atoms with Gasteiger partial charge in [0, 0.05) is 27.0 Å². The number of aliphatic carboxylic acids is 1. The van der Waals surface area contributed by atoms with E-state index in [4.69, 9.17) is 68.4 Å². The molecule has 30 unspecified atom stereocenters. The number of hydrogen-bond donors (Lipinski definition) is 25. The van der Waals surface area contributed by atoms with Crippen molar-refractivity contribution >= 4 is 46.1 Å². The lowest BCUT2D eigenvalue weighted by molar-refractivity contribution is -0.372. The van der Waals surface area contributed by atoms with Gasteiger partial charge in [0.15, 0.2) is 31.4 Å². The molecule has 0 spiro atoms. The van der Waals surface area contributed by atoms with Gasteiger partial charge in [-0.2, -0.15) is 11.8 Å². The fourth-order valence-electron chi connectivity index (χ4n) is 11.0. The molecule has 0 aliphatic carbocycles. The summed E-state index contributed by atoms with van der Waals surface area (Å²) in [5, 5.41) is 203. The van der Waals surface area contributed by atoms with Gasteiger partial charge in [-0.05, 0) is 45.0 Å². The van der Waals surface area contributed by atoms with Crippen LogP contribution in [0.1, 0.15) is 72.6 Å². The molecule has 6 saturated heterocycles. The predicted octanol–water partition coefficient (Wildman–Crippen LogP) is -12.7. The number of amides is 4. The molecule has 27 N–H and O–H groups in total. The van der Waals surface area contributed by atoms with Crippen molar-refractivity contribution in [2.45, 2.75) is 257 Å². The Bertz CT molecular complexity index is 2260. The first-order valence-electron chi connectivity index (χ1n) is 32.6. The van der Waals surface area contributed by atoms with Gasteiger partial charge in [-0.3, -0.25) is 14.4 Å². The normalized spacial score (nSPS) is 39.2. The zero-order chi connectivity index (χ0) is 74.4. The molecular weight excluding hydrogens is 1370 g/mol. The Hall–Kier alpha value is -2.99. The summed E-state index contributed by atoms with van der Waals surface area (Å²) in [6, 6.07) is -3.12. The third-order valence-electron chi connectivity index (χ3n) is 16.4. The van der Waals surface area contributed by atoms with Crippen LogP contribution in [0, 0.1) is 0 Å². The van der Waals surface area contributed by atoms with Crippen molar-refractivity contribution in [2.75, 3.05) is 77.4 Å². The fraction of sp³-hybridized carbons (Fsp3) is 0.930. The largest absolute Gasteiger partial charge is 0.481 e. The Morgan fingerprint density at radius 2 is 0.848 bits per heavy atom. The number of hydrogen-bond acceptors (Lipinski definition) is 36. The van der Waals surface area contributed by atoms with Crippen molar-refractivity contribution < 1.29 is 168 Å². The van der Waals surface area contributed by atoms with E-state index in [1.165, 1.54) is 39.0 Å². The SMILES string of the molecule is CC(=O)NC1C(C)OC(CO)C(OC2OC(CO)C(O)C(OC3OC(CO)C(O)C(O)C3O)C2O)C1O.CC(=O)NC1C(NC(=O)NCCCSCC(=O)O)OC(CO)C(OC2OC(CO)C(O)C(OC3OC(CO)C(O)C(O)C3O)C2O)C1O.CCCCCCCN.NCCCO[SiH3]. The first kappa shape index (κ1) is 90.2. The van der Waals surface area contributed by atoms with Crippen LogP contribution >= 0.6 is 11.8 Å². The molecule has 0 saturated carbocycles. The molecule has 6 aliphatic heterocycles. The molecule has 6 aliphatic rings. The summed E-state index contributed by atoms with van der Waals surface area (Å²) in [5.74, 6) is -1.74. The summed E-state index contributed by atoms with van der Waals surface area (Å²) >= 11 is 1.16. The van der Waals surface area contributed by atoms with Gasteiger partial charge in [-0.15, -0.1) is 0 Å². The number of urea groups is 1. The van der Waals surface area contributed by atoms with Crippen LogP contribution in [-0.4, -0.2) is 393 Å². The van der Waals surface area contributed by atoms with Crippen LogP contribution in [0.5, 0.6) is 0 Å². The summed E-state index contributed by atoms with van der Waals surface area (Å²) in [6.45, 7) is 4.15. The minimum Gasteiger partial charge on any atom is -0.481 e. The molecule has 0 aromatic rings. The van der Waals surface area contributed by atoms with E-state index >= 15 is 0 Å². The monoisotopic (exact) mass is 1480 g/mol. The lowest BCUT2D eigenvalue weighted by Gasteiger charge is -2.49. The zero-order valence-corrected chi connectivity index (χ0v) is 58.8. The average molecular weight is 1480 g/mol. The van der Waals surface area contributed by atoms with Crippen molar-refractivity contribution in [1.29, 1.82) is 0 Å². The molecule has 30 atom stereocenters. The molecule has 40 nitrogen and oxygen atoms in total. The Morgan fingerprint density at radius 1 is 0.455 bits per heavy atom. The minimum atomic E-state index is -1.98. The van der Waals surface area contributed by atoms with Gasteiger partial charge in [0.05, 0.1) is 57.5 Å². The van der Waals surface area contributed by atoms with E-state index in [0.29, 0.717) is 12.2 Å². The highest BCUT2D eigenvalue weighted by Gasteiger charge is 2.56. The highest BCUT2D eigenvalue weighted by molar-refractivity contribution is 7.99. The van der Waals surface area contributed by atoms with Crippen molar-refractivity contribution in [2.24, 2.45) is 11.5 Å². The summed E-state index contributed by atoms with van der Waals surface area (Å²) in [5.41, 5.74) is 10.5. The first-order valence-corrected chi connectivity index (χ1v) is 34.6. The number of ether oxygens (including phenoxy) is 10. The number of aliphatic hydroxyl groups excluding tert-OH is 18. The van der Waals surface area contributed by atoms with E-state index in [9.17, 15) is 111 Å². The second-order valence-corrected chi connectivity index (χ2v) is 25.7. The number of nitrogens with one attached hydrogen (secondary N) is 4. The second kappa shape index (κ2) is 46.8. The van der Waals surface area contributed by atoms with Crippen LogP contribution in [0.4, 0.5) is 4.79 Å². The summed E-state index contributed by atoms with van der Waals surface area (Å²) in [6.07, 6.45) is -37.1. The van der Waals surface area contributed by atoms with Crippen LogP contribution < -0.4 is 32.7 Å². The summed E-state index contributed by atoms with van der Waals surface area (Å²) < 4.78 is 60.3. The van der Waals surface area contributed by atoms with E-state index in [-0.39, 0.29) is 12.3 Å². The fourth-order valence-corrected chi connectivity index (χ4v) is 12.0. The zero-order valence-electron chi connectivity index (χ0n) is 55.9. The maximum Gasteiger partial charge on any atom is 0.316 e. The van der Waals surface area contributed by atoms with Crippen LogP contribution in [0.25, 0.3) is 0 Å². The van der Waals surface area contributed by atoms with Crippen molar-refractivity contribution in [3.63, 3.8) is 0 Å². The Morgan fingerprint density at radius 3 is 1.24 bits per heavy atom. The molecule has 0 aromatic carbocycles. The number of thioether (sulfide) groups is 1. The number of nitrogens with two attached hydrogens (primary N) is 2. The third kappa shape index (κ3) is 27.1. The molecule has 6 heterocycles. The second-order valence-electron chi connectivity index (χ2n) is 24.0. The van der Waals surface area contributed by atoms with Gasteiger partial charge in [0.1, 0.15) is 151 Å². The molecule has 99 heavy (non-hydrogen) atoms. The number of carboxylic acid groups (broad SMARTS) is 1. The lowest BCUT2D eigenvalue weighted by Crippen LogP contribution is -2.70. The van der Waals surface area contributed by atoms with Gasteiger partial charge in [-0.1, -0.05) is 32.6 Å². The van der Waals surface area contributed by atoms with Crippen LogP contribution in [-0.2, 0) is 66.2 Å². The predicted molar refractivity (Wildman–Crippen MR) is 340 cm³/mol. The number of carboxylic acids is 1. The Labute approximate surface area is 578 Å². The van der Waals surface area contributed by atoms with Crippen LogP contribution in [0.15, 0.2) is 0 Å². The van der Waals surface area contributed by atoms with E-state index in [1.807, 2.05) is 0 Å². The average Bonchev–Trinajstić information content (AvgIpc) is 0.783. The quantitative estimate of drug-likeness (QED) is 0.0226. The smallest absolute Gasteiger partial charge is 0.316 e. The number of unbranched alkanes of at least 4 members (excludes halogenated alkanes) is 4. The Kier molecular flexibility index (Phi) is 42.6. The molecule has 582 valence electrons. The van der Waals surface area contributed by atoms with E-state index in [0.717, 1.165) is 55.3 Å². The van der Waals surface area contributed by atoms with E-state index in [2.05, 4.69) is 28.2 Å². The molecule has 0 bridgehead atoms. The number of rotatable bonds is 31. The minimum absolute atomic E-state index is 0.0969. The maximum atomic E-state index is 12.6. The Balaban J connectivity index is 0.000000439. The van der Waals surface area contributed by atoms with Gasteiger partial charge in [0.25, 0.3) is 0 Å². The first-order chi connectivity index (χ1) is 47.0. The number of aliphatic hydroxyl groups is 18. The topological polar surface area (TPSA) is 654 Å². The van der Waals surface area contributed by atoms with Gasteiger partial charge in [0.2, 0.25) is 11.8 Å². The number of carbonyl (C=O) groups excluding carboxylic acids is 3.